The van der Waals surface area contributed by atoms with Crippen molar-refractivity contribution in [3.05, 3.63) is 11.3 Å². The number of nitrogens with one attached hydrogen (secondary N) is 1. The second-order valence-electron chi connectivity index (χ2n) is 3.81. The minimum Gasteiger partial charge on any atom is -0.466 e. The summed E-state index contributed by atoms with van der Waals surface area (Å²) in [5.74, 6) is -1.92. The number of ether oxygens (including phenoxy) is 2. The summed E-state index contributed by atoms with van der Waals surface area (Å²) in [6.07, 6.45) is 0. The normalized spacial score (nSPS) is 18.1. The number of hydrogen-bond donors (Lipinski definition) is 1. The van der Waals surface area contributed by atoms with Crippen molar-refractivity contribution in [2.75, 3.05) is 14.2 Å². The Morgan fingerprint density at radius 2 is 1.62 bits per heavy atom. The molecule has 0 radical (unpaired) electrons. The molecule has 1 N–H and O–H groups in total. The molecule has 1 aliphatic rings. The van der Waals surface area contributed by atoms with Gasteiger partial charge in [-0.05, 0) is 13.8 Å². The second-order valence-corrected chi connectivity index (χ2v) is 3.81. The van der Waals surface area contributed by atoms with Gasteiger partial charge in [0.1, 0.15) is 5.70 Å². The summed E-state index contributed by atoms with van der Waals surface area (Å²) in [4.78, 5) is 34.5. The predicted octanol–water partition coefficient (Wildman–Crippen LogP) is -0.258. The zero-order valence-corrected chi connectivity index (χ0v) is 9.54. The van der Waals surface area contributed by atoms with E-state index in [1.54, 1.807) is 0 Å². The monoisotopic (exact) mass is 227 g/mol. The summed E-state index contributed by atoms with van der Waals surface area (Å²) in [5.41, 5.74) is -1.26. The lowest BCUT2D eigenvalue weighted by Crippen LogP contribution is -2.31. The molecule has 88 valence electrons. The molecule has 0 saturated carbocycles. The van der Waals surface area contributed by atoms with Crippen LogP contribution in [0.4, 0.5) is 0 Å². The highest BCUT2D eigenvalue weighted by atomic mass is 16.5. The summed E-state index contributed by atoms with van der Waals surface area (Å²) in [6.45, 7) is 3.06. The zero-order chi connectivity index (χ0) is 12.5. The predicted molar refractivity (Wildman–Crippen MR) is 53.0 cm³/mol. The van der Waals surface area contributed by atoms with Crippen LogP contribution < -0.4 is 5.32 Å². The number of rotatable bonds is 2. The molecule has 0 aromatic heterocycles. The van der Waals surface area contributed by atoms with Crippen molar-refractivity contribution in [3.63, 3.8) is 0 Å². The molecular weight excluding hydrogens is 214 g/mol. The molecule has 0 bridgehead atoms. The molecule has 0 aromatic rings. The Bertz CT molecular complexity index is 394. The van der Waals surface area contributed by atoms with Gasteiger partial charge in [-0.1, -0.05) is 0 Å². The van der Waals surface area contributed by atoms with Crippen LogP contribution in [-0.4, -0.2) is 32.1 Å². The van der Waals surface area contributed by atoms with Gasteiger partial charge in [0, 0.05) is 0 Å². The Kier molecular flexibility index (Phi) is 3.02. The number of carbonyl (C=O) groups excluding carboxylic acids is 3. The lowest BCUT2D eigenvalue weighted by molar-refractivity contribution is -0.140. The van der Waals surface area contributed by atoms with Gasteiger partial charge in [-0.3, -0.25) is 4.79 Å². The van der Waals surface area contributed by atoms with Crippen LogP contribution >= 0.6 is 0 Å². The van der Waals surface area contributed by atoms with E-state index in [1.807, 2.05) is 0 Å². The van der Waals surface area contributed by atoms with Gasteiger partial charge in [0.2, 0.25) is 5.91 Å². The van der Waals surface area contributed by atoms with Crippen LogP contribution in [0.1, 0.15) is 13.8 Å². The number of hydrogen-bond acceptors (Lipinski definition) is 5. The molecule has 1 aliphatic heterocycles. The third-order valence-electron chi connectivity index (χ3n) is 2.46. The van der Waals surface area contributed by atoms with E-state index in [0.717, 1.165) is 0 Å². The van der Waals surface area contributed by atoms with Crippen LogP contribution in [0.3, 0.4) is 0 Å². The maximum Gasteiger partial charge on any atom is 0.355 e. The first-order chi connectivity index (χ1) is 7.36. The first-order valence-corrected chi connectivity index (χ1v) is 4.59. The Balaban J connectivity index is 3.31. The summed E-state index contributed by atoms with van der Waals surface area (Å²) < 4.78 is 9.03. The Hall–Kier alpha value is -1.85. The smallest absolute Gasteiger partial charge is 0.355 e. The van der Waals surface area contributed by atoms with E-state index in [0.29, 0.717) is 0 Å². The fourth-order valence-corrected chi connectivity index (χ4v) is 1.47. The second kappa shape index (κ2) is 3.96. The van der Waals surface area contributed by atoms with E-state index in [2.05, 4.69) is 14.8 Å². The number of carbonyl (C=O) groups is 3. The van der Waals surface area contributed by atoms with Gasteiger partial charge in [-0.15, -0.1) is 0 Å². The highest BCUT2D eigenvalue weighted by Crippen LogP contribution is 2.35. The Morgan fingerprint density at radius 1 is 1.12 bits per heavy atom. The van der Waals surface area contributed by atoms with E-state index in [-0.39, 0.29) is 11.3 Å². The fourth-order valence-electron chi connectivity index (χ4n) is 1.47. The first-order valence-electron chi connectivity index (χ1n) is 4.59. The highest BCUT2D eigenvalue weighted by Gasteiger charge is 2.47. The maximum atomic E-state index is 11.6. The topological polar surface area (TPSA) is 81.7 Å². The van der Waals surface area contributed by atoms with Gasteiger partial charge in [0.25, 0.3) is 0 Å². The Morgan fingerprint density at radius 3 is 2.06 bits per heavy atom. The average molecular weight is 227 g/mol. The third-order valence-corrected chi connectivity index (χ3v) is 2.46. The van der Waals surface area contributed by atoms with Crippen molar-refractivity contribution >= 4 is 17.8 Å². The van der Waals surface area contributed by atoms with Gasteiger partial charge in [0.15, 0.2) is 0 Å². The molecule has 1 rings (SSSR count). The molecule has 6 nitrogen and oxygen atoms in total. The van der Waals surface area contributed by atoms with Crippen LogP contribution in [-0.2, 0) is 23.9 Å². The minimum atomic E-state index is -1.10. The molecule has 0 atom stereocenters. The van der Waals surface area contributed by atoms with Crippen LogP contribution in [0.5, 0.6) is 0 Å². The SMILES string of the molecule is COC(=O)C1=C(C(=O)OC)C(C)(C)C(=O)N1. The van der Waals surface area contributed by atoms with E-state index in [9.17, 15) is 14.4 Å². The lowest BCUT2D eigenvalue weighted by atomic mass is 9.85. The van der Waals surface area contributed by atoms with E-state index < -0.39 is 23.3 Å². The van der Waals surface area contributed by atoms with Crippen molar-refractivity contribution in [3.8, 4) is 0 Å². The summed E-state index contributed by atoms with van der Waals surface area (Å²) in [6, 6.07) is 0. The molecule has 0 aliphatic carbocycles. The minimum absolute atomic E-state index is 0.00755. The van der Waals surface area contributed by atoms with Crippen LogP contribution in [0.2, 0.25) is 0 Å². The maximum absolute atomic E-state index is 11.6. The van der Waals surface area contributed by atoms with Crippen molar-refractivity contribution in [1.29, 1.82) is 0 Å². The number of amides is 1. The van der Waals surface area contributed by atoms with E-state index in [4.69, 9.17) is 0 Å². The fraction of sp³-hybridized carbons (Fsp3) is 0.500. The van der Waals surface area contributed by atoms with Crippen molar-refractivity contribution < 1.29 is 23.9 Å². The molecule has 1 amide bonds. The number of esters is 2. The molecule has 0 fully saturated rings. The van der Waals surface area contributed by atoms with Crippen LogP contribution in [0.25, 0.3) is 0 Å². The highest BCUT2D eigenvalue weighted by molar-refractivity contribution is 6.12. The molecule has 6 heteroatoms. The van der Waals surface area contributed by atoms with E-state index >= 15 is 0 Å². The third kappa shape index (κ3) is 1.66. The van der Waals surface area contributed by atoms with Crippen molar-refractivity contribution in [2.45, 2.75) is 13.8 Å². The molecule has 0 spiro atoms. The lowest BCUT2D eigenvalue weighted by Gasteiger charge is -2.16. The molecule has 0 unspecified atom stereocenters. The van der Waals surface area contributed by atoms with Crippen molar-refractivity contribution in [2.24, 2.45) is 5.41 Å². The summed E-state index contributed by atoms with van der Waals surface area (Å²) >= 11 is 0. The van der Waals surface area contributed by atoms with Gasteiger partial charge in [0.05, 0.1) is 25.2 Å². The van der Waals surface area contributed by atoms with Gasteiger partial charge in [-0.2, -0.15) is 0 Å². The first kappa shape index (κ1) is 12.2. The molecular formula is C10H13NO5. The van der Waals surface area contributed by atoms with Crippen molar-refractivity contribution in [1.82, 2.24) is 5.32 Å². The van der Waals surface area contributed by atoms with Gasteiger partial charge in [-0.25, -0.2) is 9.59 Å². The summed E-state index contributed by atoms with van der Waals surface area (Å²) in [7, 11) is 2.35. The quantitative estimate of drug-likeness (QED) is 0.657. The zero-order valence-electron chi connectivity index (χ0n) is 9.54. The molecule has 1 heterocycles. The average Bonchev–Trinajstić information content (AvgIpc) is 2.48. The molecule has 0 saturated heterocycles. The Labute approximate surface area is 92.6 Å². The van der Waals surface area contributed by atoms with Crippen LogP contribution in [0, 0.1) is 5.41 Å². The molecule has 0 aromatic carbocycles. The largest absolute Gasteiger partial charge is 0.466 e. The van der Waals surface area contributed by atoms with E-state index in [1.165, 1.54) is 28.1 Å². The standard InChI is InChI=1S/C10H13NO5/c1-10(2)5(7(12)15-3)6(8(13)16-4)11-9(10)14/h1-4H3,(H,11,14). The summed E-state index contributed by atoms with van der Waals surface area (Å²) in [5, 5.41) is 2.33. The van der Waals surface area contributed by atoms with Gasteiger partial charge >= 0.3 is 11.9 Å². The number of methoxy groups -OCH3 is 2. The van der Waals surface area contributed by atoms with Crippen LogP contribution in [0.15, 0.2) is 11.3 Å². The molecule has 16 heavy (non-hydrogen) atoms. The van der Waals surface area contributed by atoms with Gasteiger partial charge < -0.3 is 14.8 Å².